The van der Waals surface area contributed by atoms with Gasteiger partial charge < -0.3 is 10.0 Å². The summed E-state index contributed by atoms with van der Waals surface area (Å²) in [6, 6.07) is 3.90. The molecular weight excluding hydrogens is 236 g/mol. The number of piperidine rings is 1. The van der Waals surface area contributed by atoms with Crippen LogP contribution in [0.3, 0.4) is 0 Å². The van der Waals surface area contributed by atoms with Crippen LogP contribution in [-0.4, -0.2) is 23.2 Å². The first-order chi connectivity index (χ1) is 8.88. The molecule has 0 aliphatic carbocycles. The number of aliphatic hydroxyl groups excluding tert-OH is 1. The number of pyridine rings is 1. The Balaban J connectivity index is 2.03. The minimum absolute atomic E-state index is 0.404. The normalized spacial score (nSPS) is 19.5. The summed E-state index contributed by atoms with van der Waals surface area (Å²) in [6.07, 6.45) is 3.83. The standard InChI is InChI=1S/C16H26N2O/c1-12(19)13-5-8-17-15(11-13)18-9-6-14(7-10-18)16(2,3)4/h5,8,11-12,14,19H,6-7,9-10H2,1-4H3. The maximum atomic E-state index is 9.65. The number of hydrogen-bond donors (Lipinski definition) is 1. The smallest absolute Gasteiger partial charge is 0.128 e. The molecule has 1 aromatic rings. The first-order valence-electron chi connectivity index (χ1n) is 7.27. The van der Waals surface area contributed by atoms with Gasteiger partial charge in [0.25, 0.3) is 0 Å². The van der Waals surface area contributed by atoms with Crippen LogP contribution in [0.5, 0.6) is 0 Å². The Morgan fingerprint density at radius 1 is 1.32 bits per heavy atom. The molecule has 2 heterocycles. The maximum absolute atomic E-state index is 9.65. The highest BCUT2D eigenvalue weighted by Crippen LogP contribution is 2.35. The van der Waals surface area contributed by atoms with E-state index < -0.39 is 6.10 Å². The molecule has 0 radical (unpaired) electrons. The van der Waals surface area contributed by atoms with Crippen molar-refractivity contribution >= 4 is 5.82 Å². The fourth-order valence-corrected chi connectivity index (χ4v) is 2.84. The molecule has 3 nitrogen and oxygen atoms in total. The van der Waals surface area contributed by atoms with Crippen LogP contribution < -0.4 is 4.90 Å². The van der Waals surface area contributed by atoms with Gasteiger partial charge in [-0.15, -0.1) is 0 Å². The van der Waals surface area contributed by atoms with Crippen molar-refractivity contribution in [2.75, 3.05) is 18.0 Å². The molecule has 19 heavy (non-hydrogen) atoms. The van der Waals surface area contributed by atoms with Gasteiger partial charge in [0.2, 0.25) is 0 Å². The quantitative estimate of drug-likeness (QED) is 0.887. The van der Waals surface area contributed by atoms with Crippen molar-refractivity contribution < 1.29 is 5.11 Å². The summed E-state index contributed by atoms with van der Waals surface area (Å²) in [7, 11) is 0. The van der Waals surface area contributed by atoms with Crippen LogP contribution in [0.2, 0.25) is 0 Å². The van der Waals surface area contributed by atoms with Crippen molar-refractivity contribution in [3.63, 3.8) is 0 Å². The van der Waals surface area contributed by atoms with Gasteiger partial charge in [-0.1, -0.05) is 20.8 Å². The lowest BCUT2D eigenvalue weighted by atomic mass is 9.75. The molecule has 0 aromatic carbocycles. The average molecular weight is 262 g/mol. The van der Waals surface area contributed by atoms with E-state index in [1.54, 1.807) is 13.1 Å². The highest BCUT2D eigenvalue weighted by molar-refractivity contribution is 5.42. The van der Waals surface area contributed by atoms with E-state index in [0.29, 0.717) is 5.41 Å². The Bertz CT molecular complexity index is 415. The lowest BCUT2D eigenvalue weighted by Gasteiger charge is -2.39. The molecule has 106 valence electrons. The van der Waals surface area contributed by atoms with Gasteiger partial charge in [0, 0.05) is 19.3 Å². The molecule has 1 atom stereocenters. The van der Waals surface area contributed by atoms with Gasteiger partial charge in [0.15, 0.2) is 0 Å². The van der Waals surface area contributed by atoms with Crippen LogP contribution in [-0.2, 0) is 0 Å². The maximum Gasteiger partial charge on any atom is 0.128 e. The van der Waals surface area contributed by atoms with Crippen LogP contribution >= 0.6 is 0 Å². The molecule has 0 bridgehead atoms. The second-order valence-corrected chi connectivity index (χ2v) is 6.75. The zero-order valence-electron chi connectivity index (χ0n) is 12.6. The van der Waals surface area contributed by atoms with Gasteiger partial charge >= 0.3 is 0 Å². The van der Waals surface area contributed by atoms with Crippen molar-refractivity contribution in [2.45, 2.75) is 46.6 Å². The second kappa shape index (κ2) is 5.49. The van der Waals surface area contributed by atoms with Crippen LogP contribution in [0.15, 0.2) is 18.3 Å². The Hall–Kier alpha value is -1.09. The van der Waals surface area contributed by atoms with E-state index in [1.807, 2.05) is 12.1 Å². The summed E-state index contributed by atoms with van der Waals surface area (Å²) >= 11 is 0. The number of nitrogens with zero attached hydrogens (tertiary/aromatic N) is 2. The first-order valence-corrected chi connectivity index (χ1v) is 7.27. The Morgan fingerprint density at radius 2 is 1.95 bits per heavy atom. The van der Waals surface area contributed by atoms with Gasteiger partial charge in [-0.3, -0.25) is 0 Å². The number of aromatic nitrogens is 1. The predicted molar refractivity (Wildman–Crippen MR) is 79.3 cm³/mol. The van der Waals surface area contributed by atoms with Crippen LogP contribution in [0, 0.1) is 11.3 Å². The number of rotatable bonds is 2. The molecule has 1 saturated heterocycles. The SMILES string of the molecule is CC(O)c1ccnc(N2CCC(C(C)(C)C)CC2)c1. The van der Waals surface area contributed by atoms with Crippen LogP contribution in [0.1, 0.15) is 52.2 Å². The van der Waals surface area contributed by atoms with Crippen molar-refractivity contribution in [3.8, 4) is 0 Å². The molecule has 1 unspecified atom stereocenters. The summed E-state index contributed by atoms with van der Waals surface area (Å²) < 4.78 is 0. The summed E-state index contributed by atoms with van der Waals surface area (Å²) in [5, 5.41) is 9.65. The molecule has 0 amide bonds. The molecule has 0 saturated carbocycles. The Kier molecular flexibility index (Phi) is 4.14. The summed E-state index contributed by atoms with van der Waals surface area (Å²) in [5.41, 5.74) is 1.35. The third-order valence-electron chi connectivity index (χ3n) is 4.30. The van der Waals surface area contributed by atoms with Crippen molar-refractivity contribution in [1.82, 2.24) is 4.98 Å². The van der Waals surface area contributed by atoms with Crippen molar-refractivity contribution in [3.05, 3.63) is 23.9 Å². The van der Waals surface area contributed by atoms with Gasteiger partial charge in [-0.2, -0.15) is 0 Å². The average Bonchev–Trinajstić information content (AvgIpc) is 2.38. The fraction of sp³-hybridized carbons (Fsp3) is 0.688. The first kappa shape index (κ1) is 14.3. The van der Waals surface area contributed by atoms with Crippen LogP contribution in [0.4, 0.5) is 5.82 Å². The molecule has 1 fully saturated rings. The van der Waals surface area contributed by atoms with E-state index >= 15 is 0 Å². The lowest BCUT2D eigenvalue weighted by molar-refractivity contribution is 0.197. The highest BCUT2D eigenvalue weighted by atomic mass is 16.3. The zero-order chi connectivity index (χ0) is 14.0. The Labute approximate surface area is 116 Å². The van der Waals surface area contributed by atoms with Gasteiger partial charge in [-0.25, -0.2) is 4.98 Å². The molecule has 2 rings (SSSR count). The van der Waals surface area contributed by atoms with Crippen LogP contribution in [0.25, 0.3) is 0 Å². The molecule has 1 aromatic heterocycles. The van der Waals surface area contributed by atoms with E-state index in [-0.39, 0.29) is 0 Å². The third-order valence-corrected chi connectivity index (χ3v) is 4.30. The Morgan fingerprint density at radius 3 is 2.47 bits per heavy atom. The monoisotopic (exact) mass is 262 g/mol. The van der Waals surface area contributed by atoms with E-state index in [1.165, 1.54) is 12.8 Å². The minimum Gasteiger partial charge on any atom is -0.389 e. The molecule has 0 spiro atoms. The number of anilines is 1. The topological polar surface area (TPSA) is 36.4 Å². The molecule has 1 aliphatic heterocycles. The number of aliphatic hydroxyl groups is 1. The largest absolute Gasteiger partial charge is 0.389 e. The molecule has 1 aliphatic rings. The van der Waals surface area contributed by atoms with Crippen molar-refractivity contribution in [1.29, 1.82) is 0 Å². The zero-order valence-corrected chi connectivity index (χ0v) is 12.6. The highest BCUT2D eigenvalue weighted by Gasteiger charge is 2.29. The predicted octanol–water partition coefficient (Wildman–Crippen LogP) is 3.40. The van der Waals surface area contributed by atoms with E-state index in [0.717, 1.165) is 30.4 Å². The van der Waals surface area contributed by atoms with Gasteiger partial charge in [-0.05, 0) is 48.8 Å². The van der Waals surface area contributed by atoms with Gasteiger partial charge in [0.1, 0.15) is 5.82 Å². The summed E-state index contributed by atoms with van der Waals surface area (Å²) in [4.78, 5) is 6.79. The number of hydrogen-bond acceptors (Lipinski definition) is 3. The fourth-order valence-electron chi connectivity index (χ4n) is 2.84. The summed E-state index contributed by atoms with van der Waals surface area (Å²) in [6.45, 7) is 10.9. The third kappa shape index (κ3) is 3.47. The molecular formula is C16H26N2O. The van der Waals surface area contributed by atoms with Crippen molar-refractivity contribution in [2.24, 2.45) is 11.3 Å². The molecule has 3 heteroatoms. The van der Waals surface area contributed by atoms with E-state index in [9.17, 15) is 5.11 Å². The molecule has 1 N–H and O–H groups in total. The van der Waals surface area contributed by atoms with E-state index in [4.69, 9.17) is 0 Å². The minimum atomic E-state index is -0.422. The lowest BCUT2D eigenvalue weighted by Crippen LogP contribution is -2.38. The van der Waals surface area contributed by atoms with Gasteiger partial charge in [0.05, 0.1) is 6.10 Å². The van der Waals surface area contributed by atoms with E-state index in [2.05, 4.69) is 30.7 Å². The summed E-state index contributed by atoms with van der Waals surface area (Å²) in [5.74, 6) is 1.80. The second-order valence-electron chi connectivity index (χ2n) is 6.75.